The molecular formula is C16H20N4O2S. The SMILES string of the molecule is Cc1cccc(C(=O)NCC(=O)Nc2nnc(CC(C)C)s2)c1. The van der Waals surface area contributed by atoms with Gasteiger partial charge >= 0.3 is 0 Å². The van der Waals surface area contributed by atoms with Crippen LogP contribution in [0.25, 0.3) is 0 Å². The molecule has 7 heteroatoms. The molecule has 122 valence electrons. The van der Waals surface area contributed by atoms with Gasteiger partial charge in [-0.2, -0.15) is 0 Å². The molecule has 1 heterocycles. The third-order valence-corrected chi connectivity index (χ3v) is 3.85. The highest BCUT2D eigenvalue weighted by atomic mass is 32.1. The van der Waals surface area contributed by atoms with E-state index in [0.29, 0.717) is 16.6 Å². The smallest absolute Gasteiger partial charge is 0.251 e. The Bertz CT molecular complexity index is 697. The normalized spacial score (nSPS) is 10.6. The maximum Gasteiger partial charge on any atom is 0.251 e. The predicted octanol–water partition coefficient (Wildman–Crippen LogP) is 2.41. The summed E-state index contributed by atoms with van der Waals surface area (Å²) >= 11 is 1.36. The minimum absolute atomic E-state index is 0.105. The van der Waals surface area contributed by atoms with E-state index in [9.17, 15) is 9.59 Å². The number of hydrogen-bond acceptors (Lipinski definition) is 5. The number of aromatic nitrogens is 2. The largest absolute Gasteiger partial charge is 0.343 e. The summed E-state index contributed by atoms with van der Waals surface area (Å²) in [6.07, 6.45) is 0.831. The zero-order valence-electron chi connectivity index (χ0n) is 13.4. The molecule has 2 aromatic rings. The van der Waals surface area contributed by atoms with Crippen LogP contribution in [0.1, 0.15) is 34.8 Å². The van der Waals surface area contributed by atoms with Crippen molar-refractivity contribution in [2.24, 2.45) is 5.92 Å². The fourth-order valence-corrected chi connectivity index (χ4v) is 2.92. The molecule has 1 aromatic heterocycles. The van der Waals surface area contributed by atoms with Crippen LogP contribution < -0.4 is 10.6 Å². The van der Waals surface area contributed by atoms with E-state index in [0.717, 1.165) is 17.0 Å². The van der Waals surface area contributed by atoms with Crippen LogP contribution in [0.5, 0.6) is 0 Å². The second-order valence-corrected chi connectivity index (χ2v) is 6.76. The molecule has 6 nitrogen and oxygen atoms in total. The van der Waals surface area contributed by atoms with E-state index in [2.05, 4.69) is 34.7 Å². The number of aryl methyl sites for hydroxylation is 1. The molecule has 2 rings (SSSR count). The van der Waals surface area contributed by atoms with Crippen molar-refractivity contribution < 1.29 is 9.59 Å². The molecule has 23 heavy (non-hydrogen) atoms. The van der Waals surface area contributed by atoms with Gasteiger partial charge in [0.25, 0.3) is 5.91 Å². The summed E-state index contributed by atoms with van der Waals surface area (Å²) in [5.74, 6) is -0.111. The number of anilines is 1. The summed E-state index contributed by atoms with van der Waals surface area (Å²) in [5, 5.41) is 14.5. The Morgan fingerprint density at radius 3 is 2.74 bits per heavy atom. The quantitative estimate of drug-likeness (QED) is 0.851. The topological polar surface area (TPSA) is 84.0 Å². The molecule has 0 aliphatic carbocycles. The van der Waals surface area contributed by atoms with Crippen molar-refractivity contribution in [2.75, 3.05) is 11.9 Å². The minimum Gasteiger partial charge on any atom is -0.343 e. The average Bonchev–Trinajstić information content (AvgIpc) is 2.91. The van der Waals surface area contributed by atoms with Crippen LogP contribution in [0.3, 0.4) is 0 Å². The average molecular weight is 332 g/mol. The molecule has 0 saturated carbocycles. The zero-order chi connectivity index (χ0) is 16.8. The molecule has 2 N–H and O–H groups in total. The van der Waals surface area contributed by atoms with Crippen molar-refractivity contribution in [1.82, 2.24) is 15.5 Å². The number of hydrogen-bond donors (Lipinski definition) is 2. The lowest BCUT2D eigenvalue weighted by molar-refractivity contribution is -0.115. The molecule has 0 unspecified atom stereocenters. The Balaban J connectivity index is 1.83. The van der Waals surface area contributed by atoms with Crippen molar-refractivity contribution >= 4 is 28.3 Å². The van der Waals surface area contributed by atoms with Crippen LogP contribution in [-0.4, -0.2) is 28.6 Å². The van der Waals surface area contributed by atoms with Crippen molar-refractivity contribution in [1.29, 1.82) is 0 Å². The highest BCUT2D eigenvalue weighted by Gasteiger charge is 2.11. The zero-order valence-corrected chi connectivity index (χ0v) is 14.2. The fourth-order valence-electron chi connectivity index (χ4n) is 1.95. The Kier molecular flexibility index (Phi) is 5.81. The van der Waals surface area contributed by atoms with Crippen LogP contribution >= 0.6 is 11.3 Å². The molecule has 2 amide bonds. The second-order valence-electron chi connectivity index (χ2n) is 5.70. The number of benzene rings is 1. The second kappa shape index (κ2) is 7.82. The number of nitrogens with one attached hydrogen (secondary N) is 2. The Morgan fingerprint density at radius 1 is 1.26 bits per heavy atom. The van der Waals surface area contributed by atoms with Gasteiger partial charge in [0, 0.05) is 12.0 Å². The number of carbonyl (C=O) groups excluding carboxylic acids is 2. The van der Waals surface area contributed by atoms with Gasteiger partial charge in [0.2, 0.25) is 11.0 Å². The Hall–Kier alpha value is -2.28. The minimum atomic E-state index is -0.321. The van der Waals surface area contributed by atoms with Crippen molar-refractivity contribution in [3.8, 4) is 0 Å². The molecule has 0 aliphatic heterocycles. The monoisotopic (exact) mass is 332 g/mol. The first-order valence-electron chi connectivity index (χ1n) is 7.41. The lowest BCUT2D eigenvalue weighted by atomic mass is 10.1. The Labute approximate surface area is 139 Å². The first-order chi connectivity index (χ1) is 10.9. The van der Waals surface area contributed by atoms with E-state index in [4.69, 9.17) is 0 Å². The summed E-state index contributed by atoms with van der Waals surface area (Å²) in [7, 11) is 0. The van der Waals surface area contributed by atoms with E-state index in [1.807, 2.05) is 19.1 Å². The third-order valence-electron chi connectivity index (χ3n) is 2.99. The molecule has 0 fully saturated rings. The van der Waals surface area contributed by atoms with E-state index >= 15 is 0 Å². The van der Waals surface area contributed by atoms with E-state index in [1.54, 1.807) is 12.1 Å². The lowest BCUT2D eigenvalue weighted by Gasteiger charge is -2.05. The van der Waals surface area contributed by atoms with Gasteiger partial charge in [-0.3, -0.25) is 14.9 Å². The highest BCUT2D eigenvalue weighted by molar-refractivity contribution is 7.15. The van der Waals surface area contributed by atoms with Gasteiger partial charge in [0.1, 0.15) is 5.01 Å². The standard InChI is InChI=1S/C16H20N4O2S/c1-10(2)7-14-19-20-16(23-14)18-13(21)9-17-15(22)12-6-4-5-11(3)8-12/h4-6,8,10H,7,9H2,1-3H3,(H,17,22)(H,18,20,21). The first-order valence-corrected chi connectivity index (χ1v) is 8.23. The molecule has 0 saturated heterocycles. The molecule has 0 radical (unpaired) electrons. The van der Waals surface area contributed by atoms with Gasteiger partial charge in [-0.05, 0) is 25.0 Å². The molecule has 0 aliphatic rings. The summed E-state index contributed by atoms with van der Waals surface area (Å²) in [4.78, 5) is 23.8. The van der Waals surface area contributed by atoms with Crippen LogP contribution in [0.4, 0.5) is 5.13 Å². The van der Waals surface area contributed by atoms with Crippen molar-refractivity contribution in [3.05, 3.63) is 40.4 Å². The summed E-state index contributed by atoms with van der Waals surface area (Å²) in [6.45, 7) is 6.00. The molecule has 0 bridgehead atoms. The van der Waals surface area contributed by atoms with E-state index in [-0.39, 0.29) is 18.4 Å². The highest BCUT2D eigenvalue weighted by Crippen LogP contribution is 2.17. The summed E-state index contributed by atoms with van der Waals surface area (Å²) < 4.78 is 0. The maximum atomic E-state index is 12.0. The fraction of sp³-hybridized carbons (Fsp3) is 0.375. The maximum absolute atomic E-state index is 12.0. The lowest BCUT2D eigenvalue weighted by Crippen LogP contribution is -2.32. The third kappa shape index (κ3) is 5.45. The van der Waals surface area contributed by atoms with Crippen LogP contribution in [-0.2, 0) is 11.2 Å². The van der Waals surface area contributed by atoms with Crippen LogP contribution in [0, 0.1) is 12.8 Å². The number of nitrogens with zero attached hydrogens (tertiary/aromatic N) is 2. The van der Waals surface area contributed by atoms with Gasteiger partial charge in [-0.15, -0.1) is 10.2 Å². The molecule has 1 aromatic carbocycles. The summed E-state index contributed by atoms with van der Waals surface area (Å²) in [5.41, 5.74) is 1.53. The van der Waals surface area contributed by atoms with Crippen molar-refractivity contribution in [3.63, 3.8) is 0 Å². The van der Waals surface area contributed by atoms with Gasteiger partial charge in [0.05, 0.1) is 6.54 Å². The predicted molar refractivity (Wildman–Crippen MR) is 90.6 cm³/mol. The number of amides is 2. The van der Waals surface area contributed by atoms with Crippen molar-refractivity contribution in [2.45, 2.75) is 27.2 Å². The molecule has 0 atom stereocenters. The van der Waals surface area contributed by atoms with Gasteiger partial charge in [-0.25, -0.2) is 0 Å². The summed E-state index contributed by atoms with van der Waals surface area (Å²) in [6, 6.07) is 7.20. The van der Waals surface area contributed by atoms with Gasteiger partial charge in [0.15, 0.2) is 0 Å². The van der Waals surface area contributed by atoms with Gasteiger partial charge < -0.3 is 5.32 Å². The van der Waals surface area contributed by atoms with Crippen LogP contribution in [0.2, 0.25) is 0 Å². The van der Waals surface area contributed by atoms with E-state index in [1.165, 1.54) is 11.3 Å². The Morgan fingerprint density at radius 2 is 2.04 bits per heavy atom. The molecule has 0 spiro atoms. The van der Waals surface area contributed by atoms with Gasteiger partial charge in [-0.1, -0.05) is 42.9 Å². The first kappa shape index (κ1) is 17.1. The molecular weight excluding hydrogens is 312 g/mol. The van der Waals surface area contributed by atoms with E-state index < -0.39 is 0 Å². The number of rotatable bonds is 6. The number of carbonyl (C=O) groups is 2. The van der Waals surface area contributed by atoms with Crippen LogP contribution in [0.15, 0.2) is 24.3 Å².